The van der Waals surface area contributed by atoms with E-state index in [4.69, 9.17) is 0 Å². The summed E-state index contributed by atoms with van der Waals surface area (Å²) in [5.41, 5.74) is 2.45. The topological polar surface area (TPSA) is 66.5 Å². The monoisotopic (exact) mass is 374 g/mol. The van der Waals surface area contributed by atoms with Gasteiger partial charge in [0.25, 0.3) is 0 Å². The first-order valence-electron chi connectivity index (χ1n) is 8.52. The van der Waals surface area contributed by atoms with E-state index in [-0.39, 0.29) is 23.5 Å². The van der Waals surface area contributed by atoms with E-state index in [0.717, 1.165) is 0 Å². The molecule has 0 bridgehead atoms. The lowest BCUT2D eigenvalue weighted by atomic mass is 9.87. The van der Waals surface area contributed by atoms with Gasteiger partial charge in [0.2, 0.25) is 15.9 Å². The van der Waals surface area contributed by atoms with E-state index >= 15 is 0 Å². The van der Waals surface area contributed by atoms with Gasteiger partial charge in [-0.1, -0.05) is 51.1 Å². The summed E-state index contributed by atoms with van der Waals surface area (Å²) in [4.78, 5) is 12.1. The first kappa shape index (κ1) is 20.0. The maximum Gasteiger partial charge on any atom is 0.235 e. The normalized spacial score (nSPS) is 11.8. The van der Waals surface area contributed by atoms with Crippen molar-refractivity contribution in [2.75, 3.05) is 22.4 Å². The molecule has 6 heteroatoms. The summed E-state index contributed by atoms with van der Waals surface area (Å²) >= 11 is 0. The molecular weight excluding hydrogens is 348 g/mol. The van der Waals surface area contributed by atoms with Gasteiger partial charge in [-0.15, -0.1) is 0 Å². The maximum absolute atomic E-state index is 12.4. The minimum atomic E-state index is -3.55. The van der Waals surface area contributed by atoms with Crippen LogP contribution in [0.25, 0.3) is 0 Å². The van der Waals surface area contributed by atoms with E-state index in [9.17, 15) is 13.2 Å². The average Bonchev–Trinajstić information content (AvgIpc) is 2.60. The Morgan fingerprint density at radius 1 is 1.00 bits per heavy atom. The Balaban J connectivity index is 1.94. The molecule has 0 radical (unpaired) electrons. The fraction of sp³-hybridized carbons (Fsp3) is 0.350. The smallest absolute Gasteiger partial charge is 0.235 e. The number of benzene rings is 2. The number of para-hydroxylation sites is 1. The molecule has 0 saturated heterocycles. The number of nitrogens with zero attached hydrogens (tertiary/aromatic N) is 1. The lowest BCUT2D eigenvalue weighted by Crippen LogP contribution is -2.30. The molecule has 0 unspecified atom stereocenters. The molecular formula is C20H26N2O3S. The molecule has 26 heavy (non-hydrogen) atoms. The second-order valence-corrected chi connectivity index (χ2v) is 9.36. The van der Waals surface area contributed by atoms with E-state index in [1.807, 2.05) is 30.3 Å². The number of nitrogens with one attached hydrogen (secondary N) is 1. The molecule has 2 aromatic rings. The molecule has 0 saturated carbocycles. The second-order valence-electron chi connectivity index (χ2n) is 7.24. The number of carbonyl (C=O) groups excluding carboxylic acids is 1. The zero-order valence-electron chi connectivity index (χ0n) is 15.7. The third-order valence-corrected chi connectivity index (χ3v) is 5.92. The highest BCUT2D eigenvalue weighted by molar-refractivity contribution is 7.92. The van der Waals surface area contributed by atoms with Gasteiger partial charge in [-0.25, -0.2) is 8.42 Å². The summed E-state index contributed by atoms with van der Waals surface area (Å²) in [5, 5.41) is 2.75. The zero-order valence-corrected chi connectivity index (χ0v) is 16.5. The van der Waals surface area contributed by atoms with Crippen molar-refractivity contribution in [2.45, 2.75) is 32.6 Å². The summed E-state index contributed by atoms with van der Waals surface area (Å²) in [5.74, 6) is -0.567. The first-order chi connectivity index (χ1) is 12.1. The Hall–Kier alpha value is -2.34. The van der Waals surface area contributed by atoms with Gasteiger partial charge in [0.05, 0.1) is 11.4 Å². The van der Waals surface area contributed by atoms with Crippen LogP contribution in [0.15, 0.2) is 54.6 Å². The molecule has 2 aromatic carbocycles. The lowest BCUT2D eigenvalue weighted by Gasteiger charge is -2.20. The van der Waals surface area contributed by atoms with Gasteiger partial charge in [0.15, 0.2) is 0 Å². The van der Waals surface area contributed by atoms with E-state index in [1.165, 1.54) is 16.9 Å². The average molecular weight is 375 g/mol. The third-order valence-electron chi connectivity index (χ3n) is 4.16. The standard InChI is InChI=1S/C20H26N2O3S/c1-20(2,3)16-10-12-17(13-11-16)21-19(23)14-15-26(24,25)22(4)18-8-6-5-7-9-18/h5-13H,14-15H2,1-4H3,(H,21,23). The van der Waals surface area contributed by atoms with Crippen molar-refractivity contribution in [1.82, 2.24) is 0 Å². The minimum absolute atomic E-state index is 0.0403. The van der Waals surface area contributed by atoms with Crippen molar-refractivity contribution >= 4 is 27.3 Å². The summed E-state index contributed by atoms with van der Waals surface area (Å²) < 4.78 is 26.0. The van der Waals surface area contributed by atoms with E-state index in [2.05, 4.69) is 26.1 Å². The van der Waals surface area contributed by atoms with Crippen molar-refractivity contribution in [3.05, 3.63) is 60.2 Å². The van der Waals surface area contributed by atoms with Crippen molar-refractivity contribution in [2.24, 2.45) is 0 Å². The minimum Gasteiger partial charge on any atom is -0.326 e. The number of carbonyl (C=O) groups is 1. The van der Waals surface area contributed by atoms with E-state index in [1.54, 1.807) is 24.3 Å². The van der Waals surface area contributed by atoms with E-state index < -0.39 is 10.0 Å². The van der Waals surface area contributed by atoms with E-state index in [0.29, 0.717) is 11.4 Å². The molecule has 0 aromatic heterocycles. The zero-order chi connectivity index (χ0) is 19.4. The predicted octanol–water partition coefficient (Wildman–Crippen LogP) is 3.78. The summed E-state index contributed by atoms with van der Waals surface area (Å²) in [7, 11) is -2.06. The molecule has 0 spiro atoms. The molecule has 1 N–H and O–H groups in total. The van der Waals surface area contributed by atoms with Crippen LogP contribution in [0.2, 0.25) is 0 Å². The van der Waals surface area contributed by atoms with Crippen LogP contribution in [0.3, 0.4) is 0 Å². The van der Waals surface area contributed by atoms with Gasteiger partial charge < -0.3 is 5.32 Å². The second kappa shape index (κ2) is 7.91. The molecule has 140 valence electrons. The summed E-state index contributed by atoms with van der Waals surface area (Å²) in [6, 6.07) is 16.4. The molecule has 5 nitrogen and oxygen atoms in total. The Morgan fingerprint density at radius 2 is 1.58 bits per heavy atom. The molecule has 0 aliphatic carbocycles. The lowest BCUT2D eigenvalue weighted by molar-refractivity contribution is -0.115. The molecule has 0 aliphatic rings. The van der Waals surface area contributed by atoms with Gasteiger partial charge in [0.1, 0.15) is 0 Å². The predicted molar refractivity (Wildman–Crippen MR) is 107 cm³/mol. The van der Waals surface area contributed by atoms with Crippen molar-refractivity contribution in [3.63, 3.8) is 0 Å². The Bertz CT molecular complexity index is 839. The van der Waals surface area contributed by atoms with Crippen LogP contribution < -0.4 is 9.62 Å². The van der Waals surface area contributed by atoms with Gasteiger partial charge in [0, 0.05) is 19.2 Å². The van der Waals surface area contributed by atoms with Crippen molar-refractivity contribution in [3.8, 4) is 0 Å². The van der Waals surface area contributed by atoms with Crippen LogP contribution in [-0.4, -0.2) is 27.1 Å². The van der Waals surface area contributed by atoms with Gasteiger partial charge in [-0.05, 0) is 35.2 Å². The van der Waals surface area contributed by atoms with Crippen LogP contribution in [0.1, 0.15) is 32.8 Å². The third kappa shape index (κ3) is 5.33. The molecule has 0 aliphatic heterocycles. The number of hydrogen-bond donors (Lipinski definition) is 1. The van der Waals surface area contributed by atoms with Crippen molar-refractivity contribution < 1.29 is 13.2 Å². The van der Waals surface area contributed by atoms with Crippen LogP contribution in [0, 0.1) is 0 Å². The Morgan fingerprint density at radius 3 is 2.12 bits per heavy atom. The Kier molecular flexibility index (Phi) is 6.08. The number of sulfonamides is 1. The summed E-state index contributed by atoms with van der Waals surface area (Å²) in [6.45, 7) is 6.36. The van der Waals surface area contributed by atoms with Crippen LogP contribution in [0.5, 0.6) is 0 Å². The number of rotatable bonds is 6. The summed E-state index contributed by atoms with van der Waals surface area (Å²) in [6.07, 6.45) is -0.0967. The highest BCUT2D eigenvalue weighted by Crippen LogP contribution is 2.23. The number of hydrogen-bond acceptors (Lipinski definition) is 3. The van der Waals surface area contributed by atoms with Gasteiger partial charge in [-0.3, -0.25) is 9.10 Å². The van der Waals surface area contributed by atoms with Crippen molar-refractivity contribution in [1.29, 1.82) is 0 Å². The quantitative estimate of drug-likeness (QED) is 0.837. The fourth-order valence-electron chi connectivity index (χ4n) is 2.43. The van der Waals surface area contributed by atoms with Crippen LogP contribution >= 0.6 is 0 Å². The number of amides is 1. The van der Waals surface area contributed by atoms with Gasteiger partial charge in [-0.2, -0.15) is 0 Å². The molecule has 0 heterocycles. The highest BCUT2D eigenvalue weighted by Gasteiger charge is 2.20. The molecule has 2 rings (SSSR count). The number of anilines is 2. The molecule has 1 amide bonds. The highest BCUT2D eigenvalue weighted by atomic mass is 32.2. The molecule has 0 atom stereocenters. The molecule has 0 fully saturated rings. The maximum atomic E-state index is 12.4. The van der Waals surface area contributed by atoms with Crippen LogP contribution in [-0.2, 0) is 20.2 Å². The first-order valence-corrected chi connectivity index (χ1v) is 10.1. The largest absolute Gasteiger partial charge is 0.326 e. The fourth-order valence-corrected chi connectivity index (χ4v) is 3.59. The van der Waals surface area contributed by atoms with Crippen LogP contribution in [0.4, 0.5) is 11.4 Å². The van der Waals surface area contributed by atoms with Gasteiger partial charge >= 0.3 is 0 Å². The Labute approximate surface area is 156 Å². The SMILES string of the molecule is CN(c1ccccc1)S(=O)(=O)CCC(=O)Nc1ccc(C(C)(C)C)cc1.